The van der Waals surface area contributed by atoms with Crippen molar-refractivity contribution in [3.8, 4) is 11.1 Å². The SMILES string of the molecule is COCCCNC(=S)Nc1ccc(-c2ccccc2)cc1. The Morgan fingerprint density at radius 1 is 1.00 bits per heavy atom. The second-order valence-electron chi connectivity index (χ2n) is 4.67. The Balaban J connectivity index is 1.86. The molecule has 0 aromatic heterocycles. The van der Waals surface area contributed by atoms with E-state index >= 15 is 0 Å². The van der Waals surface area contributed by atoms with E-state index in [-0.39, 0.29) is 0 Å². The molecule has 0 fully saturated rings. The molecule has 0 amide bonds. The van der Waals surface area contributed by atoms with E-state index in [0.717, 1.165) is 25.3 Å². The Labute approximate surface area is 131 Å². The zero-order valence-electron chi connectivity index (χ0n) is 12.1. The summed E-state index contributed by atoms with van der Waals surface area (Å²) in [5.41, 5.74) is 3.39. The van der Waals surface area contributed by atoms with Crippen molar-refractivity contribution in [2.45, 2.75) is 6.42 Å². The number of rotatable bonds is 6. The molecule has 0 saturated carbocycles. The van der Waals surface area contributed by atoms with Gasteiger partial charge in [0.2, 0.25) is 0 Å². The van der Waals surface area contributed by atoms with Crippen LogP contribution in [0.5, 0.6) is 0 Å². The fourth-order valence-electron chi connectivity index (χ4n) is 1.97. The molecule has 4 heteroatoms. The molecule has 21 heavy (non-hydrogen) atoms. The summed E-state index contributed by atoms with van der Waals surface area (Å²) in [4.78, 5) is 0. The van der Waals surface area contributed by atoms with E-state index in [2.05, 4.69) is 34.9 Å². The van der Waals surface area contributed by atoms with Crippen LogP contribution in [-0.4, -0.2) is 25.4 Å². The van der Waals surface area contributed by atoms with Gasteiger partial charge in [0.15, 0.2) is 5.11 Å². The maximum absolute atomic E-state index is 5.25. The molecule has 2 rings (SSSR count). The Morgan fingerprint density at radius 2 is 1.67 bits per heavy atom. The van der Waals surface area contributed by atoms with Crippen LogP contribution in [0.25, 0.3) is 11.1 Å². The van der Waals surface area contributed by atoms with Gasteiger partial charge in [0, 0.05) is 25.9 Å². The first kappa shape index (κ1) is 15.5. The summed E-state index contributed by atoms with van der Waals surface area (Å²) in [6.45, 7) is 1.54. The maximum Gasteiger partial charge on any atom is 0.170 e. The van der Waals surface area contributed by atoms with Crippen LogP contribution in [0.4, 0.5) is 5.69 Å². The predicted molar refractivity (Wildman–Crippen MR) is 92.6 cm³/mol. The third-order valence-corrected chi connectivity index (χ3v) is 3.31. The highest BCUT2D eigenvalue weighted by Crippen LogP contribution is 2.20. The quantitative estimate of drug-likeness (QED) is 0.630. The van der Waals surface area contributed by atoms with Crippen molar-refractivity contribution in [3.63, 3.8) is 0 Å². The smallest absolute Gasteiger partial charge is 0.170 e. The summed E-state index contributed by atoms with van der Waals surface area (Å²) in [6.07, 6.45) is 0.936. The van der Waals surface area contributed by atoms with Gasteiger partial charge in [0.25, 0.3) is 0 Å². The first-order valence-electron chi connectivity index (χ1n) is 6.99. The Bertz CT molecular complexity index is 555. The van der Waals surface area contributed by atoms with Gasteiger partial charge in [-0.25, -0.2) is 0 Å². The van der Waals surface area contributed by atoms with Crippen molar-refractivity contribution in [2.75, 3.05) is 25.6 Å². The fraction of sp³-hybridized carbons (Fsp3) is 0.235. The van der Waals surface area contributed by atoms with Crippen LogP contribution in [0.2, 0.25) is 0 Å². The summed E-state index contributed by atoms with van der Waals surface area (Å²) in [5.74, 6) is 0. The molecule has 110 valence electrons. The normalized spacial score (nSPS) is 10.1. The van der Waals surface area contributed by atoms with Crippen LogP contribution in [0, 0.1) is 0 Å². The van der Waals surface area contributed by atoms with E-state index < -0.39 is 0 Å². The number of hydrogen-bond acceptors (Lipinski definition) is 2. The molecule has 0 atom stereocenters. The molecule has 0 aliphatic heterocycles. The number of thiocarbonyl (C=S) groups is 1. The molecule has 0 saturated heterocycles. The minimum absolute atomic E-state index is 0.638. The molecule has 0 aliphatic rings. The van der Waals surface area contributed by atoms with Gasteiger partial charge in [-0.05, 0) is 41.9 Å². The van der Waals surface area contributed by atoms with Crippen molar-refractivity contribution in [3.05, 3.63) is 54.6 Å². The average molecular weight is 300 g/mol. The van der Waals surface area contributed by atoms with Crippen LogP contribution in [0.1, 0.15) is 6.42 Å². The zero-order chi connectivity index (χ0) is 14.9. The summed E-state index contributed by atoms with van der Waals surface area (Å²) in [5, 5.41) is 6.97. The van der Waals surface area contributed by atoms with Crippen molar-refractivity contribution in [1.82, 2.24) is 5.32 Å². The molecule has 2 aromatic rings. The molecule has 0 radical (unpaired) electrons. The van der Waals surface area contributed by atoms with Gasteiger partial charge in [-0.2, -0.15) is 0 Å². The first-order chi connectivity index (χ1) is 10.3. The van der Waals surface area contributed by atoms with Gasteiger partial charge in [-0.1, -0.05) is 42.5 Å². The lowest BCUT2D eigenvalue weighted by atomic mass is 10.1. The second-order valence-corrected chi connectivity index (χ2v) is 5.08. The third kappa shape index (κ3) is 5.17. The lowest BCUT2D eigenvalue weighted by Crippen LogP contribution is -2.29. The standard InChI is InChI=1S/C17H20N2OS/c1-20-13-5-12-18-17(21)19-16-10-8-15(9-11-16)14-6-3-2-4-7-14/h2-4,6-11H,5,12-13H2,1H3,(H2,18,19,21). The highest BCUT2D eigenvalue weighted by atomic mass is 32.1. The van der Waals surface area contributed by atoms with Gasteiger partial charge in [-0.15, -0.1) is 0 Å². The van der Waals surface area contributed by atoms with Crippen LogP contribution >= 0.6 is 12.2 Å². The van der Waals surface area contributed by atoms with E-state index in [1.54, 1.807) is 7.11 Å². The van der Waals surface area contributed by atoms with Crippen LogP contribution in [0.3, 0.4) is 0 Å². The lowest BCUT2D eigenvalue weighted by molar-refractivity contribution is 0.196. The van der Waals surface area contributed by atoms with Crippen molar-refractivity contribution in [2.24, 2.45) is 0 Å². The summed E-state index contributed by atoms with van der Waals surface area (Å²) < 4.78 is 4.99. The largest absolute Gasteiger partial charge is 0.385 e. The Morgan fingerprint density at radius 3 is 2.33 bits per heavy atom. The Hall–Kier alpha value is -1.91. The van der Waals surface area contributed by atoms with Gasteiger partial charge in [0.1, 0.15) is 0 Å². The van der Waals surface area contributed by atoms with Gasteiger partial charge < -0.3 is 15.4 Å². The predicted octanol–water partition coefficient (Wildman–Crippen LogP) is 3.68. The molecule has 0 bridgehead atoms. The second kappa shape index (κ2) is 8.39. The molecule has 0 spiro atoms. The summed E-state index contributed by atoms with van der Waals surface area (Å²) in [7, 11) is 1.70. The molecule has 2 N–H and O–H groups in total. The monoisotopic (exact) mass is 300 g/mol. The molecule has 0 unspecified atom stereocenters. The van der Waals surface area contributed by atoms with Gasteiger partial charge in [0.05, 0.1) is 0 Å². The highest BCUT2D eigenvalue weighted by molar-refractivity contribution is 7.80. The number of benzene rings is 2. The summed E-state index contributed by atoms with van der Waals surface area (Å²) >= 11 is 5.25. The molecule has 0 heterocycles. The number of ether oxygens (including phenoxy) is 1. The third-order valence-electron chi connectivity index (χ3n) is 3.06. The molecule has 2 aromatic carbocycles. The number of hydrogen-bond donors (Lipinski definition) is 2. The topological polar surface area (TPSA) is 33.3 Å². The lowest BCUT2D eigenvalue weighted by Gasteiger charge is -2.11. The summed E-state index contributed by atoms with van der Waals surface area (Å²) in [6, 6.07) is 18.6. The van der Waals surface area contributed by atoms with E-state index in [1.165, 1.54) is 11.1 Å². The minimum Gasteiger partial charge on any atom is -0.385 e. The van der Waals surface area contributed by atoms with Crippen LogP contribution in [-0.2, 0) is 4.74 Å². The number of nitrogens with one attached hydrogen (secondary N) is 2. The van der Waals surface area contributed by atoms with Crippen molar-refractivity contribution < 1.29 is 4.74 Å². The van der Waals surface area contributed by atoms with E-state index in [9.17, 15) is 0 Å². The van der Waals surface area contributed by atoms with E-state index in [4.69, 9.17) is 17.0 Å². The molecular formula is C17H20N2OS. The van der Waals surface area contributed by atoms with Crippen LogP contribution in [0.15, 0.2) is 54.6 Å². The first-order valence-corrected chi connectivity index (χ1v) is 7.39. The number of anilines is 1. The number of methoxy groups -OCH3 is 1. The molecule has 0 aliphatic carbocycles. The Kier molecular flexibility index (Phi) is 6.19. The zero-order valence-corrected chi connectivity index (χ0v) is 13.0. The molecule has 3 nitrogen and oxygen atoms in total. The fourth-order valence-corrected chi connectivity index (χ4v) is 2.19. The molecular weight excluding hydrogens is 280 g/mol. The minimum atomic E-state index is 0.638. The van der Waals surface area contributed by atoms with Crippen molar-refractivity contribution in [1.29, 1.82) is 0 Å². The van der Waals surface area contributed by atoms with E-state index in [0.29, 0.717) is 5.11 Å². The van der Waals surface area contributed by atoms with Crippen LogP contribution < -0.4 is 10.6 Å². The average Bonchev–Trinajstić information content (AvgIpc) is 2.53. The van der Waals surface area contributed by atoms with E-state index in [1.807, 2.05) is 30.3 Å². The van der Waals surface area contributed by atoms with Crippen molar-refractivity contribution >= 4 is 23.0 Å². The highest BCUT2D eigenvalue weighted by Gasteiger charge is 1.99. The van der Waals surface area contributed by atoms with Gasteiger partial charge in [-0.3, -0.25) is 0 Å². The maximum atomic E-state index is 5.25. The van der Waals surface area contributed by atoms with Gasteiger partial charge >= 0.3 is 0 Å².